The van der Waals surface area contributed by atoms with Crippen molar-refractivity contribution in [2.24, 2.45) is 0 Å². The van der Waals surface area contributed by atoms with Crippen LogP contribution in [0.5, 0.6) is 0 Å². The topological polar surface area (TPSA) is 62.5 Å². The largest absolute Gasteiger partial charge is 0.477 e. The minimum absolute atomic E-state index is 0.0871. The van der Waals surface area contributed by atoms with E-state index in [0.717, 1.165) is 12.1 Å². The van der Waals surface area contributed by atoms with E-state index in [4.69, 9.17) is 0 Å². The van der Waals surface area contributed by atoms with Gasteiger partial charge in [0.1, 0.15) is 11.5 Å². The maximum absolute atomic E-state index is 13.2. The highest BCUT2D eigenvalue weighted by Gasteiger charge is 2.15. The van der Waals surface area contributed by atoms with Crippen LogP contribution in [0.25, 0.3) is 10.9 Å². The lowest BCUT2D eigenvalue weighted by atomic mass is 10.1. The number of nitrogens with zero attached hydrogens (tertiary/aromatic N) is 2. The van der Waals surface area contributed by atoms with Crippen molar-refractivity contribution in [1.29, 1.82) is 0 Å². The molecule has 5 nitrogen and oxygen atoms in total. The molecule has 0 bridgehead atoms. The second-order valence-electron chi connectivity index (χ2n) is 4.82. The van der Waals surface area contributed by atoms with Crippen molar-refractivity contribution >= 4 is 16.9 Å². The molecule has 1 heterocycles. The number of likely N-dealkylation sites (N-methyl/N-ethyl adjacent to an activating group) is 1. The van der Waals surface area contributed by atoms with E-state index < -0.39 is 17.2 Å². The van der Waals surface area contributed by atoms with Crippen molar-refractivity contribution in [1.82, 2.24) is 9.47 Å². The van der Waals surface area contributed by atoms with Crippen molar-refractivity contribution in [3.05, 3.63) is 46.0 Å². The third-order valence-electron chi connectivity index (χ3n) is 3.06. The normalized spacial score (nSPS) is 11.2. The van der Waals surface area contributed by atoms with Crippen molar-refractivity contribution in [3.8, 4) is 0 Å². The first-order valence-electron chi connectivity index (χ1n) is 6.11. The minimum Gasteiger partial charge on any atom is -0.477 e. The summed E-state index contributed by atoms with van der Waals surface area (Å²) in [7, 11) is 3.73. The van der Waals surface area contributed by atoms with Crippen LogP contribution in [0.4, 0.5) is 4.39 Å². The number of aromatic nitrogens is 1. The Kier molecular flexibility index (Phi) is 3.85. The first kappa shape index (κ1) is 14.2. The summed E-state index contributed by atoms with van der Waals surface area (Å²) in [6, 6.07) is 4.84. The van der Waals surface area contributed by atoms with E-state index >= 15 is 0 Å². The van der Waals surface area contributed by atoms with Gasteiger partial charge in [0.15, 0.2) is 5.43 Å². The van der Waals surface area contributed by atoms with Crippen molar-refractivity contribution in [2.45, 2.75) is 6.54 Å². The van der Waals surface area contributed by atoms with E-state index in [1.54, 1.807) is 0 Å². The summed E-state index contributed by atoms with van der Waals surface area (Å²) in [5.41, 5.74) is -0.146. The van der Waals surface area contributed by atoms with Gasteiger partial charge in [0.05, 0.1) is 5.52 Å². The molecule has 0 radical (unpaired) electrons. The Morgan fingerprint density at radius 2 is 2.05 bits per heavy atom. The summed E-state index contributed by atoms with van der Waals surface area (Å²) in [6.07, 6.45) is 0. The van der Waals surface area contributed by atoms with Gasteiger partial charge in [0.2, 0.25) is 0 Å². The SMILES string of the molecule is CN(C)CCn1c(C(=O)O)cc(=O)c2cc(F)ccc21. The van der Waals surface area contributed by atoms with Gasteiger partial charge in [0.25, 0.3) is 0 Å². The molecule has 2 rings (SSSR count). The number of carboxylic acid groups (broad SMARTS) is 1. The number of aromatic carboxylic acids is 1. The standard InChI is InChI=1S/C14H15FN2O3/c1-16(2)5-6-17-11-4-3-9(15)7-10(11)13(18)8-12(17)14(19)20/h3-4,7-8H,5-6H2,1-2H3,(H,19,20). The summed E-state index contributed by atoms with van der Waals surface area (Å²) in [4.78, 5) is 25.1. The van der Waals surface area contributed by atoms with E-state index in [2.05, 4.69) is 0 Å². The monoisotopic (exact) mass is 278 g/mol. The molecule has 6 heteroatoms. The molecular weight excluding hydrogens is 263 g/mol. The fraction of sp³-hybridized carbons (Fsp3) is 0.286. The molecule has 1 aromatic heterocycles. The van der Waals surface area contributed by atoms with Gasteiger partial charge in [-0.25, -0.2) is 9.18 Å². The number of halogens is 1. The van der Waals surface area contributed by atoms with E-state index in [0.29, 0.717) is 18.6 Å². The zero-order valence-corrected chi connectivity index (χ0v) is 11.3. The van der Waals surface area contributed by atoms with Crippen LogP contribution >= 0.6 is 0 Å². The summed E-state index contributed by atoms with van der Waals surface area (Å²) in [5, 5.41) is 9.41. The fourth-order valence-electron chi connectivity index (χ4n) is 2.07. The van der Waals surface area contributed by atoms with Crippen LogP contribution in [-0.2, 0) is 6.54 Å². The lowest BCUT2D eigenvalue weighted by molar-refractivity contribution is 0.0684. The number of carbonyl (C=O) groups is 1. The van der Waals surface area contributed by atoms with E-state index in [1.807, 2.05) is 19.0 Å². The number of carboxylic acids is 1. The highest BCUT2D eigenvalue weighted by molar-refractivity contribution is 5.90. The second kappa shape index (κ2) is 5.42. The summed E-state index contributed by atoms with van der Waals surface area (Å²) in [6.45, 7) is 1.01. The van der Waals surface area contributed by atoms with Crippen LogP contribution in [0.2, 0.25) is 0 Å². The predicted octanol–water partition coefficient (Wildman–Crippen LogP) is 1.40. The maximum Gasteiger partial charge on any atom is 0.352 e. The summed E-state index contributed by atoms with van der Waals surface area (Å²) in [5.74, 6) is -1.69. The third-order valence-corrected chi connectivity index (χ3v) is 3.06. The van der Waals surface area contributed by atoms with E-state index in [1.165, 1.54) is 16.7 Å². The van der Waals surface area contributed by atoms with Crippen LogP contribution in [0.3, 0.4) is 0 Å². The quantitative estimate of drug-likeness (QED) is 0.918. The predicted molar refractivity (Wildman–Crippen MR) is 73.7 cm³/mol. The molecule has 0 aliphatic rings. The summed E-state index contributed by atoms with van der Waals surface area (Å²) >= 11 is 0. The summed E-state index contributed by atoms with van der Waals surface area (Å²) < 4.78 is 14.8. The Morgan fingerprint density at radius 1 is 1.35 bits per heavy atom. The first-order valence-corrected chi connectivity index (χ1v) is 6.11. The third kappa shape index (κ3) is 2.70. The van der Waals surface area contributed by atoms with E-state index in [9.17, 15) is 19.1 Å². The molecule has 0 unspecified atom stereocenters. The van der Waals surface area contributed by atoms with Gasteiger partial charge in [0, 0.05) is 24.5 Å². The Morgan fingerprint density at radius 3 is 2.65 bits per heavy atom. The van der Waals surface area contributed by atoms with Crippen molar-refractivity contribution in [3.63, 3.8) is 0 Å². The molecule has 1 N–H and O–H groups in total. The molecule has 0 atom stereocenters. The average Bonchev–Trinajstić information content (AvgIpc) is 2.37. The molecule has 0 spiro atoms. The van der Waals surface area contributed by atoms with Crippen molar-refractivity contribution < 1.29 is 14.3 Å². The zero-order chi connectivity index (χ0) is 14.9. The van der Waals surface area contributed by atoms with Crippen LogP contribution < -0.4 is 5.43 Å². The maximum atomic E-state index is 13.2. The molecule has 0 fully saturated rings. The molecule has 0 aliphatic heterocycles. The smallest absolute Gasteiger partial charge is 0.352 e. The van der Waals surface area contributed by atoms with Crippen LogP contribution in [0.1, 0.15) is 10.5 Å². The molecule has 2 aromatic rings. The van der Waals surface area contributed by atoms with Gasteiger partial charge in [-0.1, -0.05) is 0 Å². The van der Waals surface area contributed by atoms with Crippen LogP contribution in [0, 0.1) is 5.82 Å². The number of hydrogen-bond donors (Lipinski definition) is 1. The lowest BCUT2D eigenvalue weighted by Gasteiger charge is -2.17. The molecule has 106 valence electrons. The van der Waals surface area contributed by atoms with Gasteiger partial charge in [-0.3, -0.25) is 4.79 Å². The number of hydrogen-bond acceptors (Lipinski definition) is 3. The first-order chi connectivity index (χ1) is 9.40. The molecule has 20 heavy (non-hydrogen) atoms. The van der Waals surface area contributed by atoms with Crippen LogP contribution in [-0.4, -0.2) is 41.2 Å². The molecule has 0 amide bonds. The minimum atomic E-state index is -1.17. The molecular formula is C14H15FN2O3. The zero-order valence-electron chi connectivity index (χ0n) is 11.3. The van der Waals surface area contributed by atoms with Gasteiger partial charge >= 0.3 is 5.97 Å². The fourth-order valence-corrected chi connectivity index (χ4v) is 2.07. The molecule has 0 aliphatic carbocycles. The average molecular weight is 278 g/mol. The van der Waals surface area contributed by atoms with Gasteiger partial charge in [-0.2, -0.15) is 0 Å². The highest BCUT2D eigenvalue weighted by atomic mass is 19.1. The van der Waals surface area contributed by atoms with Gasteiger partial charge < -0.3 is 14.6 Å². The van der Waals surface area contributed by atoms with Gasteiger partial charge in [-0.15, -0.1) is 0 Å². The van der Waals surface area contributed by atoms with Crippen LogP contribution in [0.15, 0.2) is 29.1 Å². The number of pyridine rings is 1. The number of fused-ring (bicyclic) bond motifs is 1. The number of rotatable bonds is 4. The molecule has 0 saturated carbocycles. The Balaban J connectivity index is 2.72. The molecule has 0 saturated heterocycles. The highest BCUT2D eigenvalue weighted by Crippen LogP contribution is 2.15. The van der Waals surface area contributed by atoms with Crippen molar-refractivity contribution in [2.75, 3.05) is 20.6 Å². The van der Waals surface area contributed by atoms with E-state index in [-0.39, 0.29) is 11.1 Å². The Hall–Kier alpha value is -2.21. The Labute approximate surface area is 114 Å². The molecule has 1 aromatic carbocycles. The number of benzene rings is 1. The lowest BCUT2D eigenvalue weighted by Crippen LogP contribution is -2.24. The Bertz CT molecular complexity index is 722. The van der Waals surface area contributed by atoms with Gasteiger partial charge in [-0.05, 0) is 32.3 Å². The second-order valence-corrected chi connectivity index (χ2v) is 4.82.